The molecule has 0 aliphatic rings. The minimum atomic E-state index is -0.533. The standard InChI is InChI=1S/C19H18N4O4/c1-3-22-18(7-8-20-22)19(24)21-14-10-15(23(25)26)12-17(11-14)27-16-6-4-5-13(2)9-16/h4-12H,3H2,1-2H3,(H,21,24). The average molecular weight is 366 g/mol. The van der Waals surface area contributed by atoms with Gasteiger partial charge in [-0.3, -0.25) is 19.6 Å². The molecule has 1 amide bonds. The van der Waals surface area contributed by atoms with Crippen LogP contribution in [-0.2, 0) is 6.54 Å². The summed E-state index contributed by atoms with van der Waals surface area (Å²) in [5.41, 5.74) is 1.45. The minimum Gasteiger partial charge on any atom is -0.457 e. The van der Waals surface area contributed by atoms with Crippen LogP contribution in [0.2, 0.25) is 0 Å². The monoisotopic (exact) mass is 366 g/mol. The van der Waals surface area contributed by atoms with Gasteiger partial charge in [0.15, 0.2) is 0 Å². The van der Waals surface area contributed by atoms with Gasteiger partial charge in [0.1, 0.15) is 17.2 Å². The summed E-state index contributed by atoms with van der Waals surface area (Å²) < 4.78 is 7.27. The molecule has 0 bridgehead atoms. The van der Waals surface area contributed by atoms with Crippen LogP contribution in [0.4, 0.5) is 11.4 Å². The van der Waals surface area contributed by atoms with Crippen molar-refractivity contribution in [2.75, 3.05) is 5.32 Å². The van der Waals surface area contributed by atoms with Crippen LogP contribution in [0.1, 0.15) is 23.0 Å². The SMILES string of the molecule is CCn1nccc1C(=O)Nc1cc(Oc2cccc(C)c2)cc([N+](=O)[O-])c1. The van der Waals surface area contributed by atoms with Gasteiger partial charge < -0.3 is 10.1 Å². The number of nitrogens with zero attached hydrogens (tertiary/aromatic N) is 3. The van der Waals surface area contributed by atoms with Crippen LogP contribution in [0.15, 0.2) is 54.7 Å². The van der Waals surface area contributed by atoms with Crippen LogP contribution in [0, 0.1) is 17.0 Å². The van der Waals surface area contributed by atoms with E-state index < -0.39 is 10.8 Å². The van der Waals surface area contributed by atoms with E-state index in [1.54, 1.807) is 18.2 Å². The zero-order valence-corrected chi connectivity index (χ0v) is 14.9. The molecule has 1 heterocycles. The number of amides is 1. The Morgan fingerprint density at radius 2 is 2.04 bits per heavy atom. The van der Waals surface area contributed by atoms with E-state index in [0.717, 1.165) is 5.56 Å². The van der Waals surface area contributed by atoms with Crippen LogP contribution < -0.4 is 10.1 Å². The first-order valence-corrected chi connectivity index (χ1v) is 8.33. The molecule has 138 valence electrons. The number of aryl methyl sites for hydroxylation is 2. The molecule has 3 aromatic rings. The predicted octanol–water partition coefficient (Wildman–Crippen LogP) is 4.16. The Morgan fingerprint density at radius 3 is 2.74 bits per heavy atom. The highest BCUT2D eigenvalue weighted by molar-refractivity contribution is 6.03. The number of anilines is 1. The zero-order valence-electron chi connectivity index (χ0n) is 14.9. The Balaban J connectivity index is 1.89. The normalized spacial score (nSPS) is 10.4. The van der Waals surface area contributed by atoms with E-state index in [0.29, 0.717) is 18.0 Å². The molecule has 3 rings (SSSR count). The second kappa shape index (κ2) is 7.69. The topological polar surface area (TPSA) is 99.3 Å². The summed E-state index contributed by atoms with van der Waals surface area (Å²) in [6.07, 6.45) is 1.53. The first-order chi connectivity index (χ1) is 13.0. The van der Waals surface area contributed by atoms with Crippen molar-refractivity contribution in [1.82, 2.24) is 9.78 Å². The number of ether oxygens (including phenoxy) is 1. The van der Waals surface area contributed by atoms with Crippen molar-refractivity contribution in [3.63, 3.8) is 0 Å². The Morgan fingerprint density at radius 1 is 1.22 bits per heavy atom. The average Bonchev–Trinajstić information content (AvgIpc) is 3.10. The molecule has 0 saturated heterocycles. The Bertz CT molecular complexity index is 997. The van der Waals surface area contributed by atoms with Gasteiger partial charge in [0.25, 0.3) is 11.6 Å². The van der Waals surface area contributed by atoms with E-state index >= 15 is 0 Å². The summed E-state index contributed by atoms with van der Waals surface area (Å²) in [5, 5.41) is 18.0. The van der Waals surface area contributed by atoms with Gasteiger partial charge in [0.05, 0.1) is 16.7 Å². The number of nitrogens with one attached hydrogen (secondary N) is 1. The molecule has 0 saturated carbocycles. The minimum absolute atomic E-state index is 0.181. The molecule has 0 radical (unpaired) electrons. The maximum absolute atomic E-state index is 12.5. The largest absolute Gasteiger partial charge is 0.457 e. The lowest BCUT2D eigenvalue weighted by molar-refractivity contribution is -0.384. The second-order valence-electron chi connectivity index (χ2n) is 5.88. The number of benzene rings is 2. The van der Waals surface area contributed by atoms with Crippen LogP contribution in [0.5, 0.6) is 11.5 Å². The fourth-order valence-electron chi connectivity index (χ4n) is 2.61. The molecule has 1 N–H and O–H groups in total. The van der Waals surface area contributed by atoms with Gasteiger partial charge in [-0.15, -0.1) is 0 Å². The zero-order chi connectivity index (χ0) is 19.4. The molecule has 0 aliphatic carbocycles. The highest BCUT2D eigenvalue weighted by Gasteiger charge is 2.16. The number of nitro groups is 1. The second-order valence-corrected chi connectivity index (χ2v) is 5.88. The fourth-order valence-corrected chi connectivity index (χ4v) is 2.61. The van der Waals surface area contributed by atoms with Gasteiger partial charge in [0.2, 0.25) is 0 Å². The van der Waals surface area contributed by atoms with Gasteiger partial charge in [-0.2, -0.15) is 5.10 Å². The maximum atomic E-state index is 12.5. The molecule has 0 spiro atoms. The third-order valence-electron chi connectivity index (χ3n) is 3.83. The smallest absolute Gasteiger partial charge is 0.275 e. The van der Waals surface area contributed by atoms with Crippen molar-refractivity contribution in [2.45, 2.75) is 20.4 Å². The highest BCUT2D eigenvalue weighted by atomic mass is 16.6. The van der Waals surface area contributed by atoms with Gasteiger partial charge in [-0.1, -0.05) is 12.1 Å². The van der Waals surface area contributed by atoms with Gasteiger partial charge in [-0.25, -0.2) is 0 Å². The lowest BCUT2D eigenvalue weighted by atomic mass is 10.2. The summed E-state index contributed by atoms with van der Waals surface area (Å²) in [5.74, 6) is 0.405. The van der Waals surface area contributed by atoms with Crippen LogP contribution >= 0.6 is 0 Å². The first-order valence-electron chi connectivity index (χ1n) is 8.33. The van der Waals surface area contributed by atoms with E-state index in [9.17, 15) is 14.9 Å². The maximum Gasteiger partial charge on any atom is 0.275 e. The first kappa shape index (κ1) is 18.1. The number of non-ortho nitro benzene ring substituents is 1. The van der Waals surface area contributed by atoms with E-state index in [1.807, 2.05) is 32.0 Å². The number of aromatic nitrogens is 2. The van der Waals surface area contributed by atoms with Crippen LogP contribution in [-0.4, -0.2) is 20.6 Å². The number of rotatable bonds is 6. The van der Waals surface area contributed by atoms with Crippen molar-refractivity contribution >= 4 is 17.3 Å². The molecule has 8 nitrogen and oxygen atoms in total. The lowest BCUT2D eigenvalue weighted by Crippen LogP contribution is -2.17. The van der Waals surface area contributed by atoms with Crippen molar-refractivity contribution < 1.29 is 14.5 Å². The fraction of sp³-hybridized carbons (Fsp3) is 0.158. The van der Waals surface area contributed by atoms with E-state index in [4.69, 9.17) is 4.74 Å². The molecular weight excluding hydrogens is 348 g/mol. The summed E-state index contributed by atoms with van der Waals surface area (Å²) in [4.78, 5) is 23.2. The quantitative estimate of drug-likeness (QED) is 0.521. The van der Waals surface area contributed by atoms with Gasteiger partial charge in [0, 0.05) is 24.9 Å². The number of hydrogen-bond acceptors (Lipinski definition) is 5. The summed E-state index contributed by atoms with van der Waals surface area (Å²) in [6, 6.07) is 13.0. The molecule has 0 unspecified atom stereocenters. The van der Waals surface area contributed by atoms with E-state index in [2.05, 4.69) is 10.4 Å². The van der Waals surface area contributed by atoms with Crippen molar-refractivity contribution in [1.29, 1.82) is 0 Å². The number of nitro benzene ring substituents is 1. The number of carbonyl (C=O) groups is 1. The summed E-state index contributed by atoms with van der Waals surface area (Å²) in [6.45, 7) is 4.32. The highest BCUT2D eigenvalue weighted by Crippen LogP contribution is 2.30. The van der Waals surface area contributed by atoms with Crippen LogP contribution in [0.3, 0.4) is 0 Å². The molecule has 8 heteroatoms. The van der Waals surface area contributed by atoms with E-state index in [-0.39, 0.29) is 17.1 Å². The molecular formula is C19H18N4O4. The molecule has 0 fully saturated rings. The Hall–Kier alpha value is -3.68. The van der Waals surface area contributed by atoms with Crippen molar-refractivity contribution in [2.24, 2.45) is 0 Å². The third-order valence-corrected chi connectivity index (χ3v) is 3.83. The summed E-state index contributed by atoms with van der Waals surface area (Å²) >= 11 is 0. The lowest BCUT2D eigenvalue weighted by Gasteiger charge is -2.10. The van der Waals surface area contributed by atoms with Gasteiger partial charge in [-0.05, 0) is 37.6 Å². The summed E-state index contributed by atoms with van der Waals surface area (Å²) in [7, 11) is 0. The molecule has 1 aromatic heterocycles. The molecule has 27 heavy (non-hydrogen) atoms. The number of hydrogen-bond donors (Lipinski definition) is 1. The number of carbonyl (C=O) groups excluding carboxylic acids is 1. The van der Waals surface area contributed by atoms with Crippen molar-refractivity contribution in [3.05, 3.63) is 76.1 Å². The third kappa shape index (κ3) is 4.30. The van der Waals surface area contributed by atoms with Crippen LogP contribution in [0.25, 0.3) is 0 Å². The predicted molar refractivity (Wildman–Crippen MR) is 100 cm³/mol. The molecule has 0 aliphatic heterocycles. The Kier molecular flexibility index (Phi) is 5.16. The van der Waals surface area contributed by atoms with Crippen molar-refractivity contribution in [3.8, 4) is 11.5 Å². The van der Waals surface area contributed by atoms with Gasteiger partial charge >= 0.3 is 0 Å². The Labute approximate surface area is 155 Å². The molecule has 0 atom stereocenters. The van der Waals surface area contributed by atoms with E-state index in [1.165, 1.54) is 23.0 Å². The molecule has 2 aromatic carbocycles.